The lowest BCUT2D eigenvalue weighted by Crippen LogP contribution is -2.25. The monoisotopic (exact) mass is 286 g/mol. The second-order valence-corrected chi connectivity index (χ2v) is 5.37. The molecule has 0 spiro atoms. The number of nitriles is 1. The predicted molar refractivity (Wildman–Crippen MR) is 63.4 cm³/mol. The molecule has 0 bridgehead atoms. The molecule has 0 radical (unpaired) electrons. The Labute approximate surface area is 109 Å². The molecule has 0 aromatic heterocycles. The number of carbonyl (C=O) groups is 1. The molecular weight excluding hydrogens is 275 g/mol. The number of hydrogen-bond acceptors (Lipinski definition) is 4. The van der Waals surface area contributed by atoms with Gasteiger partial charge < -0.3 is 5.11 Å². The van der Waals surface area contributed by atoms with Crippen molar-refractivity contribution in [1.29, 1.82) is 5.26 Å². The minimum Gasteiger partial charge on any atom is -0.478 e. The number of nitrogens with one attached hydrogen (secondary N) is 1. The minimum atomic E-state index is -3.90. The molecule has 19 heavy (non-hydrogen) atoms. The summed E-state index contributed by atoms with van der Waals surface area (Å²) < 4.78 is 38.9. The number of halogens is 1. The molecule has 0 fully saturated rings. The highest BCUT2D eigenvalue weighted by Gasteiger charge is 2.18. The van der Waals surface area contributed by atoms with Crippen molar-refractivity contribution >= 4 is 16.0 Å². The molecule has 0 saturated carbocycles. The van der Waals surface area contributed by atoms with E-state index < -0.39 is 27.4 Å². The van der Waals surface area contributed by atoms with Crippen LogP contribution in [-0.4, -0.2) is 26.0 Å². The quantitative estimate of drug-likeness (QED) is 0.761. The average Bonchev–Trinajstić information content (AvgIpc) is 2.34. The van der Waals surface area contributed by atoms with Crippen molar-refractivity contribution in [2.45, 2.75) is 17.7 Å². The van der Waals surface area contributed by atoms with Crippen molar-refractivity contribution in [3.63, 3.8) is 0 Å². The van der Waals surface area contributed by atoms with Crippen LogP contribution < -0.4 is 4.72 Å². The Morgan fingerprint density at radius 3 is 2.74 bits per heavy atom. The van der Waals surface area contributed by atoms with Crippen molar-refractivity contribution in [1.82, 2.24) is 4.72 Å². The number of rotatable bonds is 6. The number of aromatic carboxylic acids is 1. The van der Waals surface area contributed by atoms with Crippen LogP contribution in [0.3, 0.4) is 0 Å². The molecule has 102 valence electrons. The summed E-state index contributed by atoms with van der Waals surface area (Å²) in [7, 11) is -3.90. The predicted octanol–water partition coefficient (Wildman–Crippen LogP) is 1.11. The van der Waals surface area contributed by atoms with E-state index >= 15 is 0 Å². The maximum Gasteiger partial charge on any atom is 0.338 e. The first kappa shape index (κ1) is 15.1. The molecule has 0 heterocycles. The maximum absolute atomic E-state index is 13.1. The Morgan fingerprint density at radius 2 is 2.16 bits per heavy atom. The van der Waals surface area contributed by atoms with Gasteiger partial charge in [-0.3, -0.25) is 0 Å². The van der Waals surface area contributed by atoms with Gasteiger partial charge in [0.15, 0.2) is 0 Å². The zero-order valence-electron chi connectivity index (χ0n) is 9.76. The van der Waals surface area contributed by atoms with Crippen LogP contribution in [0.2, 0.25) is 0 Å². The van der Waals surface area contributed by atoms with E-state index in [1.165, 1.54) is 0 Å². The first-order chi connectivity index (χ1) is 8.88. The fraction of sp³-hybridized carbons (Fsp3) is 0.273. The lowest BCUT2D eigenvalue weighted by atomic mass is 10.2. The highest BCUT2D eigenvalue weighted by molar-refractivity contribution is 7.89. The smallest absolute Gasteiger partial charge is 0.338 e. The molecule has 6 nitrogen and oxygen atoms in total. The normalized spacial score (nSPS) is 10.9. The molecule has 8 heteroatoms. The van der Waals surface area contributed by atoms with Gasteiger partial charge in [-0.25, -0.2) is 22.3 Å². The van der Waals surface area contributed by atoms with E-state index in [4.69, 9.17) is 10.4 Å². The van der Waals surface area contributed by atoms with E-state index in [1.807, 2.05) is 6.07 Å². The van der Waals surface area contributed by atoms with Crippen LogP contribution in [0.1, 0.15) is 23.2 Å². The minimum absolute atomic E-state index is 0.0513. The molecule has 2 N–H and O–H groups in total. The number of sulfonamides is 1. The first-order valence-corrected chi connectivity index (χ1v) is 6.76. The fourth-order valence-electron chi connectivity index (χ4n) is 1.29. The van der Waals surface area contributed by atoms with Gasteiger partial charge in [-0.15, -0.1) is 0 Å². The van der Waals surface area contributed by atoms with Gasteiger partial charge in [0.1, 0.15) is 5.82 Å². The molecule has 0 saturated heterocycles. The van der Waals surface area contributed by atoms with Crippen molar-refractivity contribution in [2.24, 2.45) is 0 Å². The van der Waals surface area contributed by atoms with Gasteiger partial charge in [0.2, 0.25) is 10.0 Å². The highest BCUT2D eigenvalue weighted by Crippen LogP contribution is 2.15. The van der Waals surface area contributed by atoms with E-state index in [0.29, 0.717) is 6.42 Å². The molecular formula is C11H11FN2O4S. The average molecular weight is 286 g/mol. The molecule has 0 aliphatic heterocycles. The van der Waals surface area contributed by atoms with Crippen LogP contribution in [-0.2, 0) is 10.0 Å². The molecule has 0 unspecified atom stereocenters. The van der Waals surface area contributed by atoms with Crippen LogP contribution in [0, 0.1) is 17.1 Å². The zero-order chi connectivity index (χ0) is 14.5. The van der Waals surface area contributed by atoms with E-state index in [9.17, 15) is 17.6 Å². The largest absolute Gasteiger partial charge is 0.478 e. The molecule has 0 amide bonds. The SMILES string of the molecule is N#CCCCNS(=O)(=O)c1ccc(F)c(C(=O)O)c1. The summed E-state index contributed by atoms with van der Waals surface area (Å²) in [5.74, 6) is -2.55. The van der Waals surface area contributed by atoms with Gasteiger partial charge in [0.05, 0.1) is 16.5 Å². The summed E-state index contributed by atoms with van der Waals surface area (Å²) in [5.41, 5.74) is -0.708. The fourth-order valence-corrected chi connectivity index (χ4v) is 2.39. The van der Waals surface area contributed by atoms with Crippen LogP contribution in [0.25, 0.3) is 0 Å². The van der Waals surface area contributed by atoms with Crippen LogP contribution in [0.15, 0.2) is 23.1 Å². The third-order valence-electron chi connectivity index (χ3n) is 2.24. The van der Waals surface area contributed by atoms with E-state index in [0.717, 1.165) is 18.2 Å². The second-order valence-electron chi connectivity index (χ2n) is 3.61. The summed E-state index contributed by atoms with van der Waals surface area (Å²) in [5, 5.41) is 17.0. The number of carboxylic acid groups (broad SMARTS) is 1. The van der Waals surface area contributed by atoms with Crippen LogP contribution in [0.4, 0.5) is 4.39 Å². The second kappa shape index (κ2) is 6.26. The van der Waals surface area contributed by atoms with E-state index in [-0.39, 0.29) is 17.9 Å². The highest BCUT2D eigenvalue weighted by atomic mass is 32.2. The Balaban J connectivity index is 2.93. The number of hydrogen-bond donors (Lipinski definition) is 2. The van der Waals surface area contributed by atoms with E-state index in [1.54, 1.807) is 0 Å². The van der Waals surface area contributed by atoms with Gasteiger partial charge >= 0.3 is 5.97 Å². The lowest BCUT2D eigenvalue weighted by molar-refractivity contribution is 0.0691. The van der Waals surface area contributed by atoms with Gasteiger partial charge in [-0.1, -0.05) is 0 Å². The molecule has 1 aromatic rings. The Morgan fingerprint density at radius 1 is 1.47 bits per heavy atom. The lowest BCUT2D eigenvalue weighted by Gasteiger charge is -2.07. The van der Waals surface area contributed by atoms with E-state index in [2.05, 4.69) is 4.72 Å². The maximum atomic E-state index is 13.1. The molecule has 0 aliphatic rings. The van der Waals surface area contributed by atoms with Crippen LogP contribution >= 0.6 is 0 Å². The zero-order valence-corrected chi connectivity index (χ0v) is 10.6. The third kappa shape index (κ3) is 4.01. The number of unbranched alkanes of at least 4 members (excludes halogenated alkanes) is 1. The Bertz CT molecular complexity index is 622. The summed E-state index contributed by atoms with van der Waals surface area (Å²) in [6, 6.07) is 4.38. The summed E-state index contributed by atoms with van der Waals surface area (Å²) in [4.78, 5) is 10.4. The molecule has 1 rings (SSSR count). The number of carboxylic acids is 1. The Hall–Kier alpha value is -1.98. The standard InChI is InChI=1S/C11H11FN2O4S/c12-10-4-3-8(7-9(10)11(15)16)19(17,18)14-6-2-1-5-13/h3-4,7,14H,1-2,6H2,(H,15,16). The van der Waals surface area contributed by atoms with Crippen molar-refractivity contribution in [2.75, 3.05) is 6.54 Å². The third-order valence-corrected chi connectivity index (χ3v) is 3.69. The van der Waals surface area contributed by atoms with Crippen LogP contribution in [0.5, 0.6) is 0 Å². The topological polar surface area (TPSA) is 107 Å². The molecule has 0 aliphatic carbocycles. The molecule has 1 aromatic carbocycles. The molecule has 0 atom stereocenters. The number of benzene rings is 1. The Kier molecular flexibility index (Phi) is 4.97. The summed E-state index contributed by atoms with van der Waals surface area (Å²) >= 11 is 0. The van der Waals surface area contributed by atoms with Gasteiger partial charge in [-0.05, 0) is 24.6 Å². The van der Waals surface area contributed by atoms with Crippen molar-refractivity contribution in [3.05, 3.63) is 29.6 Å². The summed E-state index contributed by atoms with van der Waals surface area (Å²) in [6.45, 7) is 0.0513. The summed E-state index contributed by atoms with van der Waals surface area (Å²) in [6.07, 6.45) is 0.537. The van der Waals surface area contributed by atoms with Crippen molar-refractivity contribution in [3.8, 4) is 6.07 Å². The van der Waals surface area contributed by atoms with Gasteiger partial charge in [0.25, 0.3) is 0 Å². The first-order valence-electron chi connectivity index (χ1n) is 5.28. The van der Waals surface area contributed by atoms with Gasteiger partial charge in [-0.2, -0.15) is 5.26 Å². The number of nitrogens with zero attached hydrogens (tertiary/aromatic N) is 1. The van der Waals surface area contributed by atoms with Gasteiger partial charge in [0, 0.05) is 13.0 Å². The van der Waals surface area contributed by atoms with Crippen molar-refractivity contribution < 1.29 is 22.7 Å².